The van der Waals surface area contributed by atoms with Crippen LogP contribution >= 0.6 is 11.3 Å². The average Bonchev–Trinajstić information content (AvgIpc) is 3.26. The number of carbonyl (C=O) groups excluding carboxylic acids is 1. The number of amides is 1. The first-order chi connectivity index (χ1) is 16.4. The van der Waals surface area contributed by atoms with Gasteiger partial charge in [-0.1, -0.05) is 18.2 Å². The van der Waals surface area contributed by atoms with Gasteiger partial charge in [-0.25, -0.2) is 17.8 Å². The van der Waals surface area contributed by atoms with Crippen molar-refractivity contribution in [2.75, 3.05) is 10.0 Å². The molecular weight excluding hydrogens is 477 g/mol. The summed E-state index contributed by atoms with van der Waals surface area (Å²) < 4.78 is 45.9. The number of hydrogen-bond donors (Lipinski definition) is 2. The van der Waals surface area contributed by atoms with Crippen molar-refractivity contribution in [2.45, 2.75) is 17.7 Å². The number of rotatable bonds is 9. The number of anilines is 2. The average molecular weight is 498 g/mol. The van der Waals surface area contributed by atoms with Crippen LogP contribution in [0.4, 0.5) is 15.2 Å². The Labute approximate surface area is 200 Å². The van der Waals surface area contributed by atoms with Crippen LogP contribution < -0.4 is 14.8 Å². The Kier molecular flexibility index (Phi) is 7.19. The minimum absolute atomic E-state index is 0.0646. The van der Waals surface area contributed by atoms with Gasteiger partial charge < -0.3 is 10.1 Å². The maximum atomic E-state index is 13.0. The molecule has 0 radical (unpaired) electrons. The zero-order valence-electron chi connectivity index (χ0n) is 17.8. The van der Waals surface area contributed by atoms with Gasteiger partial charge in [-0.2, -0.15) is 0 Å². The van der Waals surface area contributed by atoms with E-state index in [1.165, 1.54) is 12.1 Å². The first-order valence-corrected chi connectivity index (χ1v) is 12.6. The molecule has 10 heteroatoms. The number of thiazole rings is 1. The maximum absolute atomic E-state index is 13.0. The molecule has 0 aliphatic heterocycles. The summed E-state index contributed by atoms with van der Waals surface area (Å²) >= 11 is 1.11. The lowest BCUT2D eigenvalue weighted by Gasteiger charge is -2.08. The number of benzene rings is 3. The van der Waals surface area contributed by atoms with Crippen LogP contribution in [-0.4, -0.2) is 19.3 Å². The second kappa shape index (κ2) is 10.4. The van der Waals surface area contributed by atoms with Crippen molar-refractivity contribution >= 4 is 38.1 Å². The van der Waals surface area contributed by atoms with Crippen LogP contribution in [0.5, 0.6) is 11.5 Å². The van der Waals surface area contributed by atoms with Crippen LogP contribution in [-0.2, 0) is 21.2 Å². The summed E-state index contributed by atoms with van der Waals surface area (Å²) in [5.41, 5.74) is 1.22. The monoisotopic (exact) mass is 497 g/mol. The largest absolute Gasteiger partial charge is 0.457 e. The van der Waals surface area contributed by atoms with Crippen LogP contribution in [0.3, 0.4) is 0 Å². The Morgan fingerprint density at radius 2 is 1.62 bits per heavy atom. The number of hydrogen-bond acceptors (Lipinski definition) is 6. The number of carbonyl (C=O) groups is 1. The van der Waals surface area contributed by atoms with E-state index in [1.807, 2.05) is 30.3 Å². The van der Waals surface area contributed by atoms with E-state index in [9.17, 15) is 17.6 Å². The molecule has 0 unspecified atom stereocenters. The molecule has 0 saturated carbocycles. The van der Waals surface area contributed by atoms with Gasteiger partial charge in [0.2, 0.25) is 5.91 Å². The number of halogens is 1. The maximum Gasteiger partial charge on any atom is 0.263 e. The van der Waals surface area contributed by atoms with E-state index in [2.05, 4.69) is 15.0 Å². The number of para-hydroxylation sites is 1. The molecule has 4 aromatic rings. The molecule has 7 nitrogen and oxygen atoms in total. The Hall–Kier alpha value is -3.76. The van der Waals surface area contributed by atoms with Crippen LogP contribution in [0, 0.1) is 5.82 Å². The van der Waals surface area contributed by atoms with Gasteiger partial charge in [0.1, 0.15) is 17.3 Å². The summed E-state index contributed by atoms with van der Waals surface area (Å²) in [6, 6.07) is 20.9. The number of aryl methyl sites for hydroxylation is 1. The van der Waals surface area contributed by atoms with E-state index >= 15 is 0 Å². The summed E-state index contributed by atoms with van der Waals surface area (Å²) in [5.74, 6) is 0.660. The molecule has 0 aliphatic rings. The molecule has 0 atom stereocenters. The smallest absolute Gasteiger partial charge is 0.263 e. The van der Waals surface area contributed by atoms with Crippen molar-refractivity contribution in [3.05, 3.63) is 95.8 Å². The normalized spacial score (nSPS) is 11.1. The van der Waals surface area contributed by atoms with Crippen LogP contribution in [0.2, 0.25) is 0 Å². The van der Waals surface area contributed by atoms with Gasteiger partial charge in [0.15, 0.2) is 5.13 Å². The topological polar surface area (TPSA) is 97.4 Å². The minimum atomic E-state index is -3.87. The Balaban J connectivity index is 1.27. The zero-order chi connectivity index (χ0) is 24.0. The highest BCUT2D eigenvalue weighted by atomic mass is 32.2. The van der Waals surface area contributed by atoms with Gasteiger partial charge in [-0.3, -0.25) is 9.52 Å². The molecule has 174 valence electrons. The van der Waals surface area contributed by atoms with E-state index in [-0.39, 0.29) is 22.4 Å². The molecule has 0 saturated heterocycles. The van der Waals surface area contributed by atoms with Crippen molar-refractivity contribution in [1.82, 2.24) is 4.98 Å². The lowest BCUT2D eigenvalue weighted by Crippen LogP contribution is -2.13. The number of sulfonamides is 1. The van der Waals surface area contributed by atoms with Gasteiger partial charge in [-0.15, -0.1) is 11.3 Å². The predicted octanol–water partition coefficient (Wildman–Crippen LogP) is 5.45. The fourth-order valence-corrected chi connectivity index (χ4v) is 4.95. The number of ether oxygens (including phenoxy) is 1. The van der Waals surface area contributed by atoms with Gasteiger partial charge in [0.05, 0.1) is 10.6 Å². The Bertz CT molecular complexity index is 1360. The first-order valence-electron chi connectivity index (χ1n) is 10.2. The molecule has 1 heterocycles. The van der Waals surface area contributed by atoms with E-state index < -0.39 is 15.8 Å². The Morgan fingerprint density at radius 1 is 0.941 bits per heavy atom. The molecule has 2 N–H and O–H groups in total. The van der Waals surface area contributed by atoms with Gasteiger partial charge in [0.25, 0.3) is 10.0 Å². The van der Waals surface area contributed by atoms with E-state index in [1.54, 1.807) is 29.6 Å². The summed E-state index contributed by atoms with van der Waals surface area (Å²) in [7, 11) is -3.87. The molecule has 0 spiro atoms. The van der Waals surface area contributed by atoms with Crippen LogP contribution in [0.15, 0.2) is 89.1 Å². The predicted molar refractivity (Wildman–Crippen MR) is 129 cm³/mol. The van der Waals surface area contributed by atoms with Crippen molar-refractivity contribution < 1.29 is 22.3 Å². The van der Waals surface area contributed by atoms with Gasteiger partial charge in [0, 0.05) is 17.5 Å². The number of nitrogens with zero attached hydrogens (tertiary/aromatic N) is 1. The van der Waals surface area contributed by atoms with Gasteiger partial charge in [-0.05, 0) is 67.1 Å². The second-order valence-electron chi connectivity index (χ2n) is 7.19. The lowest BCUT2D eigenvalue weighted by molar-refractivity contribution is -0.116. The SMILES string of the molecule is O=C(CCc1csc(NS(=O)(=O)c2ccc(F)cc2)n1)Nc1ccc(Oc2ccccc2)cc1. The third-order valence-corrected chi connectivity index (χ3v) is 6.91. The zero-order valence-corrected chi connectivity index (χ0v) is 19.4. The summed E-state index contributed by atoms with van der Waals surface area (Å²) in [6.07, 6.45) is 0.520. The van der Waals surface area contributed by atoms with Crippen molar-refractivity contribution in [2.24, 2.45) is 0 Å². The highest BCUT2D eigenvalue weighted by molar-refractivity contribution is 7.93. The Morgan fingerprint density at radius 3 is 2.32 bits per heavy atom. The molecular formula is C24H20FN3O4S2. The lowest BCUT2D eigenvalue weighted by atomic mass is 10.2. The highest BCUT2D eigenvalue weighted by Gasteiger charge is 2.16. The van der Waals surface area contributed by atoms with Crippen LogP contribution in [0.1, 0.15) is 12.1 Å². The molecule has 4 rings (SSSR count). The van der Waals surface area contributed by atoms with E-state index in [0.717, 1.165) is 29.2 Å². The molecule has 0 aliphatic carbocycles. The van der Waals surface area contributed by atoms with E-state index in [0.29, 0.717) is 23.6 Å². The summed E-state index contributed by atoms with van der Waals surface area (Å²) in [5, 5.41) is 4.67. The van der Waals surface area contributed by atoms with Crippen molar-refractivity contribution in [3.63, 3.8) is 0 Å². The first kappa shape index (κ1) is 23.4. The third kappa shape index (κ3) is 6.40. The molecule has 1 aromatic heterocycles. The fraction of sp³-hybridized carbons (Fsp3) is 0.0833. The van der Waals surface area contributed by atoms with Crippen LogP contribution in [0.25, 0.3) is 0 Å². The summed E-state index contributed by atoms with van der Waals surface area (Å²) in [4.78, 5) is 16.5. The standard InChI is InChI=1S/C24H20FN3O4S2/c25-17-6-13-22(14-7-17)34(30,31)28-24-27-19(16-33-24)10-15-23(29)26-18-8-11-21(12-9-18)32-20-4-2-1-3-5-20/h1-9,11-14,16H,10,15H2,(H,26,29)(H,27,28). The van der Waals surface area contributed by atoms with Crippen molar-refractivity contribution in [3.8, 4) is 11.5 Å². The number of nitrogens with one attached hydrogen (secondary N) is 2. The highest BCUT2D eigenvalue weighted by Crippen LogP contribution is 2.23. The fourth-order valence-electron chi connectivity index (χ4n) is 2.95. The van der Waals surface area contributed by atoms with E-state index in [4.69, 9.17) is 4.74 Å². The number of aromatic nitrogens is 1. The molecule has 1 amide bonds. The van der Waals surface area contributed by atoms with Gasteiger partial charge >= 0.3 is 0 Å². The van der Waals surface area contributed by atoms with Crippen molar-refractivity contribution in [1.29, 1.82) is 0 Å². The quantitative estimate of drug-likeness (QED) is 0.321. The molecule has 0 bridgehead atoms. The third-order valence-electron chi connectivity index (χ3n) is 4.62. The summed E-state index contributed by atoms with van der Waals surface area (Å²) in [6.45, 7) is 0. The second-order valence-corrected chi connectivity index (χ2v) is 9.73. The minimum Gasteiger partial charge on any atom is -0.457 e. The molecule has 0 fully saturated rings. The molecule has 34 heavy (non-hydrogen) atoms. The molecule has 3 aromatic carbocycles.